The summed E-state index contributed by atoms with van der Waals surface area (Å²) in [6.07, 6.45) is -2.26. The number of ether oxygens (including phenoxy) is 2. The summed E-state index contributed by atoms with van der Waals surface area (Å²) in [5.74, 6) is -0.451. The topological polar surface area (TPSA) is 64.6 Å². The van der Waals surface area contributed by atoms with E-state index in [1.807, 2.05) is 36.6 Å². The van der Waals surface area contributed by atoms with Gasteiger partial charge in [0.2, 0.25) is 0 Å². The molecular weight excluding hydrogens is 491 g/mol. The van der Waals surface area contributed by atoms with Crippen molar-refractivity contribution in [2.45, 2.75) is 31.0 Å². The molecule has 0 aromatic heterocycles. The Morgan fingerprint density at radius 1 is 0.944 bits per heavy atom. The van der Waals surface area contributed by atoms with E-state index in [1.165, 1.54) is 31.0 Å². The Labute approximate surface area is 212 Å². The molecule has 0 radical (unpaired) electrons. The molecule has 0 saturated carbocycles. The molecule has 0 heterocycles. The van der Waals surface area contributed by atoms with E-state index < -0.39 is 22.9 Å². The summed E-state index contributed by atoms with van der Waals surface area (Å²) in [4.78, 5) is 25.5. The highest BCUT2D eigenvalue weighted by molar-refractivity contribution is 7.99. The number of rotatable bonds is 10. The van der Waals surface area contributed by atoms with E-state index in [-0.39, 0.29) is 24.7 Å². The maximum atomic E-state index is 12.9. The van der Waals surface area contributed by atoms with Crippen molar-refractivity contribution in [2.75, 3.05) is 13.4 Å². The van der Waals surface area contributed by atoms with Gasteiger partial charge in [-0.1, -0.05) is 48.5 Å². The maximum Gasteiger partial charge on any atom is 0.416 e. The molecule has 3 aromatic carbocycles. The molecule has 0 bridgehead atoms. The SMILES string of the molecule is COc1ccc(CC(SC)C(=O)OCc2ccccc2)cc1C(=O)NCc1ccc(C(F)(F)F)cc1. The van der Waals surface area contributed by atoms with Gasteiger partial charge in [0.1, 0.15) is 17.6 Å². The van der Waals surface area contributed by atoms with Crippen LogP contribution in [0.5, 0.6) is 5.75 Å². The highest BCUT2D eigenvalue weighted by atomic mass is 32.2. The number of methoxy groups -OCH3 is 1. The third-order valence-electron chi connectivity index (χ3n) is 5.44. The van der Waals surface area contributed by atoms with Crippen molar-refractivity contribution in [1.82, 2.24) is 5.32 Å². The van der Waals surface area contributed by atoms with Crippen molar-refractivity contribution in [3.05, 3.63) is 101 Å². The first-order chi connectivity index (χ1) is 17.2. The van der Waals surface area contributed by atoms with E-state index in [1.54, 1.807) is 18.2 Å². The Morgan fingerprint density at radius 2 is 1.61 bits per heavy atom. The van der Waals surface area contributed by atoms with E-state index in [4.69, 9.17) is 9.47 Å². The summed E-state index contributed by atoms with van der Waals surface area (Å²) >= 11 is 1.36. The zero-order valence-corrected chi connectivity index (χ0v) is 20.6. The molecule has 190 valence electrons. The summed E-state index contributed by atoms with van der Waals surface area (Å²) in [6, 6.07) is 19.0. The van der Waals surface area contributed by atoms with Crippen molar-refractivity contribution >= 4 is 23.6 Å². The van der Waals surface area contributed by atoms with Crippen LogP contribution in [0.25, 0.3) is 0 Å². The third-order valence-corrected chi connectivity index (χ3v) is 6.36. The van der Waals surface area contributed by atoms with Gasteiger partial charge >= 0.3 is 12.1 Å². The van der Waals surface area contributed by atoms with Gasteiger partial charge < -0.3 is 14.8 Å². The Balaban J connectivity index is 1.65. The first-order valence-electron chi connectivity index (χ1n) is 11.1. The molecule has 9 heteroatoms. The number of benzene rings is 3. The van der Waals surface area contributed by atoms with Gasteiger partial charge in [-0.3, -0.25) is 9.59 Å². The number of carbonyl (C=O) groups excluding carboxylic acids is 2. The van der Waals surface area contributed by atoms with E-state index in [0.717, 1.165) is 23.3 Å². The lowest BCUT2D eigenvalue weighted by atomic mass is 10.0. The Morgan fingerprint density at radius 3 is 2.22 bits per heavy atom. The number of alkyl halides is 3. The van der Waals surface area contributed by atoms with E-state index >= 15 is 0 Å². The Kier molecular flexibility index (Phi) is 9.41. The van der Waals surface area contributed by atoms with Gasteiger partial charge in [0.15, 0.2) is 0 Å². The number of carbonyl (C=O) groups is 2. The molecule has 0 saturated heterocycles. The quantitative estimate of drug-likeness (QED) is 0.352. The number of esters is 1. The first-order valence-corrected chi connectivity index (χ1v) is 12.3. The second-order valence-electron chi connectivity index (χ2n) is 7.93. The molecule has 0 spiro atoms. The third kappa shape index (κ3) is 7.52. The zero-order valence-electron chi connectivity index (χ0n) is 19.8. The van der Waals surface area contributed by atoms with Crippen LogP contribution in [-0.4, -0.2) is 30.5 Å². The fraction of sp³-hybridized carbons (Fsp3) is 0.259. The molecule has 0 aliphatic heterocycles. The van der Waals surface area contributed by atoms with Crippen molar-refractivity contribution < 1.29 is 32.2 Å². The van der Waals surface area contributed by atoms with Gasteiger partial charge in [-0.15, -0.1) is 11.8 Å². The second kappa shape index (κ2) is 12.5. The van der Waals surface area contributed by atoms with Crippen molar-refractivity contribution in [2.24, 2.45) is 0 Å². The second-order valence-corrected chi connectivity index (χ2v) is 8.97. The molecule has 36 heavy (non-hydrogen) atoms. The van der Waals surface area contributed by atoms with Crippen molar-refractivity contribution in [3.8, 4) is 5.75 Å². The van der Waals surface area contributed by atoms with Gasteiger partial charge in [0.25, 0.3) is 5.91 Å². The fourth-order valence-corrected chi connectivity index (χ4v) is 4.07. The van der Waals surface area contributed by atoms with Crippen LogP contribution in [0.4, 0.5) is 13.2 Å². The van der Waals surface area contributed by atoms with Crippen LogP contribution in [0.15, 0.2) is 72.8 Å². The lowest BCUT2D eigenvalue weighted by molar-refractivity contribution is -0.144. The highest BCUT2D eigenvalue weighted by Crippen LogP contribution is 2.29. The number of thioether (sulfide) groups is 1. The number of halogens is 3. The van der Waals surface area contributed by atoms with Crippen LogP contribution in [-0.2, 0) is 35.3 Å². The highest BCUT2D eigenvalue weighted by Gasteiger charge is 2.30. The first kappa shape index (κ1) is 27.1. The van der Waals surface area contributed by atoms with Crippen LogP contribution < -0.4 is 10.1 Å². The average molecular weight is 518 g/mol. The summed E-state index contributed by atoms with van der Waals surface area (Å²) in [5.41, 5.74) is 1.67. The molecule has 0 aliphatic carbocycles. The number of hydrogen-bond acceptors (Lipinski definition) is 5. The molecule has 0 fully saturated rings. The normalized spacial score (nSPS) is 12.0. The van der Waals surface area contributed by atoms with E-state index in [2.05, 4.69) is 5.32 Å². The molecule has 1 unspecified atom stereocenters. The minimum atomic E-state index is -4.42. The van der Waals surface area contributed by atoms with Gasteiger partial charge in [-0.25, -0.2) is 0 Å². The smallest absolute Gasteiger partial charge is 0.416 e. The standard InChI is InChI=1S/C27H26F3NO4S/c1-34-23-13-10-20(15-24(36-2)26(33)35-17-19-6-4-3-5-7-19)14-22(23)25(32)31-16-18-8-11-21(12-9-18)27(28,29)30/h3-14,24H,15-17H2,1-2H3,(H,31,32). The lowest BCUT2D eigenvalue weighted by Gasteiger charge is -2.16. The summed E-state index contributed by atoms with van der Waals surface area (Å²) in [6.45, 7) is 0.223. The van der Waals surface area contributed by atoms with Crippen LogP contribution in [0.2, 0.25) is 0 Å². The van der Waals surface area contributed by atoms with Crippen LogP contribution in [0.3, 0.4) is 0 Å². The molecule has 5 nitrogen and oxygen atoms in total. The van der Waals surface area contributed by atoms with Crippen LogP contribution >= 0.6 is 11.8 Å². The van der Waals surface area contributed by atoms with Gasteiger partial charge in [0, 0.05) is 6.54 Å². The molecule has 1 amide bonds. The van der Waals surface area contributed by atoms with Crippen molar-refractivity contribution in [3.63, 3.8) is 0 Å². The largest absolute Gasteiger partial charge is 0.496 e. The molecule has 1 N–H and O–H groups in total. The summed E-state index contributed by atoms with van der Waals surface area (Å²) in [5, 5.41) is 2.24. The molecule has 1 atom stereocenters. The number of hydrogen-bond donors (Lipinski definition) is 1. The minimum absolute atomic E-state index is 0.0452. The monoisotopic (exact) mass is 517 g/mol. The Bertz CT molecular complexity index is 1170. The molecule has 0 aliphatic rings. The molecule has 3 rings (SSSR count). The number of nitrogens with one attached hydrogen (secondary N) is 1. The predicted octanol–water partition coefficient (Wildman–Crippen LogP) is 5.66. The predicted molar refractivity (Wildman–Crippen MR) is 133 cm³/mol. The van der Waals surface area contributed by atoms with Crippen molar-refractivity contribution in [1.29, 1.82) is 0 Å². The van der Waals surface area contributed by atoms with E-state index in [9.17, 15) is 22.8 Å². The van der Waals surface area contributed by atoms with Gasteiger partial charge in [-0.2, -0.15) is 13.2 Å². The lowest BCUT2D eigenvalue weighted by Crippen LogP contribution is -2.25. The van der Waals surface area contributed by atoms with Gasteiger partial charge in [-0.05, 0) is 53.6 Å². The van der Waals surface area contributed by atoms with Gasteiger partial charge in [0.05, 0.1) is 18.2 Å². The summed E-state index contributed by atoms with van der Waals surface area (Å²) in [7, 11) is 1.44. The summed E-state index contributed by atoms with van der Waals surface area (Å²) < 4.78 is 49.0. The number of amides is 1. The van der Waals surface area contributed by atoms with Crippen LogP contribution in [0, 0.1) is 0 Å². The molecule has 3 aromatic rings. The average Bonchev–Trinajstić information content (AvgIpc) is 2.89. The minimum Gasteiger partial charge on any atom is -0.496 e. The molecular formula is C27H26F3NO4S. The maximum absolute atomic E-state index is 12.9. The Hall–Kier alpha value is -3.46. The zero-order chi connectivity index (χ0) is 26.1. The van der Waals surface area contributed by atoms with E-state index in [0.29, 0.717) is 17.7 Å². The fourth-order valence-electron chi connectivity index (χ4n) is 3.45. The van der Waals surface area contributed by atoms with Crippen LogP contribution in [0.1, 0.15) is 32.6 Å².